The van der Waals surface area contributed by atoms with E-state index in [-0.39, 0.29) is 20.4 Å². The van der Waals surface area contributed by atoms with Gasteiger partial charge in [0, 0.05) is 18.0 Å². The molecule has 0 amide bonds. The van der Waals surface area contributed by atoms with Gasteiger partial charge in [0.05, 0.1) is 16.1 Å². The maximum Gasteiger partial charge on any atom is 0.149 e. The molecular weight excluding hydrogens is 316 g/mol. The summed E-state index contributed by atoms with van der Waals surface area (Å²) in [6.45, 7) is 0. The third kappa shape index (κ3) is 2.56. The molecule has 0 fully saturated rings. The SMILES string of the molecule is NC(c1ccncc1)c1c(Cl)c(Cl)nc(Cl)c1Cl. The van der Waals surface area contributed by atoms with Crippen molar-refractivity contribution in [2.45, 2.75) is 6.04 Å². The highest BCUT2D eigenvalue weighted by molar-refractivity contribution is 6.46. The number of aromatic nitrogens is 2. The summed E-state index contributed by atoms with van der Waals surface area (Å²) in [5, 5.41) is 0.557. The molecule has 0 aliphatic heterocycles. The lowest BCUT2D eigenvalue weighted by molar-refractivity contribution is 0.865. The molecule has 0 bridgehead atoms. The van der Waals surface area contributed by atoms with E-state index >= 15 is 0 Å². The zero-order valence-corrected chi connectivity index (χ0v) is 11.9. The molecule has 0 spiro atoms. The topological polar surface area (TPSA) is 51.8 Å². The van der Waals surface area contributed by atoms with Crippen LogP contribution < -0.4 is 5.73 Å². The fraction of sp³-hybridized carbons (Fsp3) is 0.0909. The van der Waals surface area contributed by atoms with Crippen LogP contribution in [0.4, 0.5) is 0 Å². The molecule has 1 atom stereocenters. The van der Waals surface area contributed by atoms with Crippen molar-refractivity contribution in [1.29, 1.82) is 0 Å². The Morgan fingerprint density at radius 3 is 1.94 bits per heavy atom. The first kappa shape index (κ1) is 13.8. The molecule has 0 radical (unpaired) electrons. The van der Waals surface area contributed by atoms with Crippen molar-refractivity contribution in [3.63, 3.8) is 0 Å². The van der Waals surface area contributed by atoms with Gasteiger partial charge >= 0.3 is 0 Å². The van der Waals surface area contributed by atoms with E-state index in [4.69, 9.17) is 52.1 Å². The predicted octanol–water partition coefficient (Wildman–Crippen LogP) is 4.14. The molecule has 0 saturated carbocycles. The maximum absolute atomic E-state index is 6.11. The molecule has 7 heteroatoms. The van der Waals surface area contributed by atoms with E-state index in [1.54, 1.807) is 24.5 Å². The van der Waals surface area contributed by atoms with Gasteiger partial charge in [0.1, 0.15) is 10.3 Å². The summed E-state index contributed by atoms with van der Waals surface area (Å²) < 4.78 is 0. The van der Waals surface area contributed by atoms with Gasteiger partial charge in [0.25, 0.3) is 0 Å². The fourth-order valence-corrected chi connectivity index (χ4v) is 2.49. The Balaban J connectivity index is 2.58. The highest BCUT2D eigenvalue weighted by Gasteiger charge is 2.21. The van der Waals surface area contributed by atoms with Gasteiger partial charge < -0.3 is 5.73 Å². The second-order valence-electron chi connectivity index (χ2n) is 3.49. The molecule has 0 saturated heterocycles. The minimum atomic E-state index is -0.550. The van der Waals surface area contributed by atoms with Crippen LogP contribution in [0.25, 0.3) is 0 Å². The number of hydrogen-bond donors (Lipinski definition) is 1. The molecule has 2 rings (SSSR count). The molecule has 18 heavy (non-hydrogen) atoms. The normalized spacial score (nSPS) is 12.5. The van der Waals surface area contributed by atoms with Crippen LogP contribution in [0.5, 0.6) is 0 Å². The molecule has 2 heterocycles. The van der Waals surface area contributed by atoms with E-state index in [9.17, 15) is 0 Å². The van der Waals surface area contributed by atoms with Gasteiger partial charge in [0.15, 0.2) is 0 Å². The molecule has 2 aromatic heterocycles. The third-order valence-corrected chi connectivity index (χ3v) is 3.91. The van der Waals surface area contributed by atoms with Crippen molar-refractivity contribution in [2.24, 2.45) is 5.73 Å². The first-order valence-electron chi connectivity index (χ1n) is 4.87. The van der Waals surface area contributed by atoms with Crippen molar-refractivity contribution in [1.82, 2.24) is 9.97 Å². The summed E-state index contributed by atoms with van der Waals surface area (Å²) in [6, 6.07) is 2.98. The van der Waals surface area contributed by atoms with Gasteiger partial charge in [-0.05, 0) is 17.7 Å². The number of halogens is 4. The van der Waals surface area contributed by atoms with Crippen molar-refractivity contribution in [3.8, 4) is 0 Å². The zero-order chi connectivity index (χ0) is 13.3. The Kier molecular flexibility index (Phi) is 4.30. The predicted molar refractivity (Wildman–Crippen MR) is 74.5 cm³/mol. The van der Waals surface area contributed by atoms with E-state index < -0.39 is 6.04 Å². The Labute approximate surface area is 124 Å². The first-order chi connectivity index (χ1) is 8.52. The third-order valence-electron chi connectivity index (χ3n) is 2.41. The van der Waals surface area contributed by atoms with Crippen LogP contribution in [-0.4, -0.2) is 9.97 Å². The molecule has 1 unspecified atom stereocenters. The Hall–Kier alpha value is -0.580. The molecule has 2 aromatic rings. The Morgan fingerprint density at radius 1 is 0.944 bits per heavy atom. The molecule has 0 aromatic carbocycles. The van der Waals surface area contributed by atoms with Crippen molar-refractivity contribution >= 4 is 46.4 Å². The lowest BCUT2D eigenvalue weighted by Crippen LogP contribution is -2.14. The maximum atomic E-state index is 6.11. The van der Waals surface area contributed by atoms with Crippen LogP contribution in [0.3, 0.4) is 0 Å². The van der Waals surface area contributed by atoms with Crippen LogP contribution in [-0.2, 0) is 0 Å². The van der Waals surface area contributed by atoms with Crippen LogP contribution >= 0.6 is 46.4 Å². The first-order valence-corrected chi connectivity index (χ1v) is 6.39. The number of nitrogens with zero attached hydrogens (tertiary/aromatic N) is 2. The fourth-order valence-electron chi connectivity index (χ4n) is 1.51. The average Bonchev–Trinajstić information content (AvgIpc) is 2.37. The van der Waals surface area contributed by atoms with Gasteiger partial charge in [-0.2, -0.15) is 0 Å². The van der Waals surface area contributed by atoms with Crippen LogP contribution in [0.15, 0.2) is 24.5 Å². The van der Waals surface area contributed by atoms with E-state index in [0.29, 0.717) is 5.56 Å². The van der Waals surface area contributed by atoms with E-state index in [2.05, 4.69) is 9.97 Å². The van der Waals surface area contributed by atoms with Crippen molar-refractivity contribution < 1.29 is 0 Å². The van der Waals surface area contributed by atoms with Gasteiger partial charge in [-0.1, -0.05) is 46.4 Å². The summed E-state index contributed by atoms with van der Waals surface area (Å²) >= 11 is 23.9. The molecule has 0 aliphatic carbocycles. The van der Waals surface area contributed by atoms with E-state index in [1.165, 1.54) is 0 Å². The quantitative estimate of drug-likeness (QED) is 0.845. The number of nitrogens with two attached hydrogens (primary N) is 1. The van der Waals surface area contributed by atoms with Crippen LogP contribution in [0.2, 0.25) is 20.4 Å². The summed E-state index contributed by atoms with van der Waals surface area (Å²) in [4.78, 5) is 7.72. The average molecular weight is 323 g/mol. The summed E-state index contributed by atoms with van der Waals surface area (Å²) in [7, 11) is 0. The highest BCUT2D eigenvalue weighted by Crippen LogP contribution is 2.39. The number of pyridine rings is 2. The van der Waals surface area contributed by atoms with Crippen LogP contribution in [0, 0.1) is 0 Å². The monoisotopic (exact) mass is 321 g/mol. The molecular formula is C11H7Cl4N3. The highest BCUT2D eigenvalue weighted by atomic mass is 35.5. The summed E-state index contributed by atoms with van der Waals surface area (Å²) in [5.74, 6) is 0. The van der Waals surface area contributed by atoms with E-state index in [1.807, 2.05) is 0 Å². The number of hydrogen-bond acceptors (Lipinski definition) is 3. The largest absolute Gasteiger partial charge is 0.320 e. The van der Waals surface area contributed by atoms with Gasteiger partial charge in [-0.15, -0.1) is 0 Å². The van der Waals surface area contributed by atoms with Gasteiger partial charge in [-0.25, -0.2) is 4.98 Å². The van der Waals surface area contributed by atoms with Crippen molar-refractivity contribution in [2.75, 3.05) is 0 Å². The minimum Gasteiger partial charge on any atom is -0.320 e. The molecule has 3 nitrogen and oxygen atoms in total. The standard InChI is InChI=1S/C11H7Cl4N3/c12-7-6(8(13)11(15)18-10(7)14)9(16)5-1-3-17-4-2-5/h1-4,9H,16H2. The zero-order valence-electron chi connectivity index (χ0n) is 8.87. The van der Waals surface area contributed by atoms with Gasteiger partial charge in [0.2, 0.25) is 0 Å². The Morgan fingerprint density at radius 2 is 1.44 bits per heavy atom. The van der Waals surface area contributed by atoms with Crippen molar-refractivity contribution in [3.05, 3.63) is 56.0 Å². The second kappa shape index (κ2) is 5.59. The van der Waals surface area contributed by atoms with Crippen LogP contribution in [0.1, 0.15) is 17.2 Å². The molecule has 94 valence electrons. The lowest BCUT2D eigenvalue weighted by Gasteiger charge is -2.16. The van der Waals surface area contributed by atoms with E-state index in [0.717, 1.165) is 5.56 Å². The number of rotatable bonds is 2. The lowest BCUT2D eigenvalue weighted by atomic mass is 10.0. The van der Waals surface area contributed by atoms with Gasteiger partial charge in [-0.3, -0.25) is 4.98 Å². The second-order valence-corrected chi connectivity index (χ2v) is 4.97. The smallest absolute Gasteiger partial charge is 0.149 e. The summed E-state index contributed by atoms with van der Waals surface area (Å²) in [6.07, 6.45) is 3.25. The molecule has 0 aliphatic rings. The Bertz CT molecular complexity index is 548. The summed E-state index contributed by atoms with van der Waals surface area (Å²) in [5.41, 5.74) is 7.37. The molecule has 2 N–H and O–H groups in total. The minimum absolute atomic E-state index is 0.0746.